The Morgan fingerprint density at radius 3 is 2.89 bits per heavy atom. The molecule has 1 heterocycles. The monoisotopic (exact) mass is 259 g/mol. The van der Waals surface area contributed by atoms with Crippen molar-refractivity contribution in [2.75, 3.05) is 33.4 Å². The normalized spacial score (nSPS) is 24.7. The van der Waals surface area contributed by atoms with Crippen LogP contribution in [0.4, 0.5) is 0 Å². The van der Waals surface area contributed by atoms with Crippen LogP contribution >= 0.6 is 0 Å². The summed E-state index contributed by atoms with van der Waals surface area (Å²) in [7, 11) is 1.62. The molecule has 0 aromatic heterocycles. The Balaban J connectivity index is 2.25. The van der Waals surface area contributed by atoms with Gasteiger partial charge in [-0.1, -0.05) is 6.42 Å². The van der Waals surface area contributed by atoms with Crippen molar-refractivity contribution in [3.8, 4) is 0 Å². The van der Waals surface area contributed by atoms with Crippen LogP contribution in [0.15, 0.2) is 0 Å². The number of carbonyl (C=O) groups excluding carboxylic acids is 1. The van der Waals surface area contributed by atoms with Gasteiger partial charge in [0, 0.05) is 13.7 Å². The summed E-state index contributed by atoms with van der Waals surface area (Å²) in [5.74, 6) is 0. The van der Waals surface area contributed by atoms with E-state index in [1.165, 1.54) is 0 Å². The number of piperidine rings is 1. The number of carbonyl (C=O) groups is 1. The van der Waals surface area contributed by atoms with E-state index >= 15 is 0 Å². The van der Waals surface area contributed by atoms with Gasteiger partial charge >= 0.3 is 0 Å². The zero-order valence-electron chi connectivity index (χ0n) is 11.4. The fourth-order valence-corrected chi connectivity index (χ4v) is 2.28. The van der Waals surface area contributed by atoms with Crippen molar-refractivity contribution in [2.24, 2.45) is 0 Å². The second-order valence-electron chi connectivity index (χ2n) is 4.95. The predicted molar refractivity (Wildman–Crippen MR) is 68.6 cm³/mol. The summed E-state index contributed by atoms with van der Waals surface area (Å²) < 4.78 is 10.4. The highest BCUT2D eigenvalue weighted by Crippen LogP contribution is 2.15. The molecule has 0 spiro atoms. The molecule has 1 aliphatic heterocycles. The quantitative estimate of drug-likeness (QED) is 0.641. The maximum atomic E-state index is 10.9. The van der Waals surface area contributed by atoms with Crippen LogP contribution < -0.4 is 0 Å². The third kappa shape index (κ3) is 5.44. The number of likely N-dealkylation sites (tertiary alicyclic amines) is 1. The summed E-state index contributed by atoms with van der Waals surface area (Å²) in [5.41, 5.74) is 0. The Hall–Kier alpha value is -0.490. The molecule has 1 rings (SSSR count). The molecule has 1 saturated heterocycles. The lowest BCUT2D eigenvalue weighted by molar-refractivity contribution is -0.114. The minimum absolute atomic E-state index is 0.0205. The van der Waals surface area contributed by atoms with Crippen LogP contribution in [0.3, 0.4) is 0 Å². The molecule has 5 nitrogen and oxygen atoms in total. The number of aliphatic hydroxyl groups is 1. The van der Waals surface area contributed by atoms with Gasteiger partial charge in [-0.2, -0.15) is 0 Å². The van der Waals surface area contributed by atoms with Gasteiger partial charge in [-0.3, -0.25) is 4.90 Å². The fourth-order valence-electron chi connectivity index (χ4n) is 2.28. The minimum atomic E-state index is -0.551. The van der Waals surface area contributed by atoms with E-state index < -0.39 is 6.10 Å². The van der Waals surface area contributed by atoms with E-state index in [9.17, 15) is 9.90 Å². The number of β-amino-alcohol motifs (C(OH)–C–C–N with tert-alkyl or cyclic N) is 1. The van der Waals surface area contributed by atoms with E-state index in [0.29, 0.717) is 13.2 Å². The van der Waals surface area contributed by atoms with Crippen molar-refractivity contribution in [3.05, 3.63) is 0 Å². The summed E-state index contributed by atoms with van der Waals surface area (Å²) in [6, 6.07) is -0.0372. The van der Waals surface area contributed by atoms with Crippen LogP contribution in [0.5, 0.6) is 0 Å². The van der Waals surface area contributed by atoms with Crippen LogP contribution in [-0.2, 0) is 14.3 Å². The first kappa shape index (κ1) is 15.6. The molecule has 0 bridgehead atoms. The topological polar surface area (TPSA) is 59.0 Å². The molecule has 1 fully saturated rings. The lowest BCUT2D eigenvalue weighted by atomic mass is 10.0. The molecular formula is C13H25NO4. The Bertz CT molecular complexity index is 237. The van der Waals surface area contributed by atoms with Crippen LogP contribution in [0, 0.1) is 0 Å². The highest BCUT2D eigenvalue weighted by Gasteiger charge is 2.23. The molecule has 3 unspecified atom stereocenters. The molecule has 3 atom stereocenters. The Morgan fingerprint density at radius 1 is 1.44 bits per heavy atom. The first-order valence-corrected chi connectivity index (χ1v) is 6.65. The summed E-state index contributed by atoms with van der Waals surface area (Å²) in [6.07, 6.45) is 3.50. The molecule has 18 heavy (non-hydrogen) atoms. The number of hydrogen-bond donors (Lipinski definition) is 1. The zero-order chi connectivity index (χ0) is 13.4. The highest BCUT2D eigenvalue weighted by molar-refractivity contribution is 5.57. The lowest BCUT2D eigenvalue weighted by Crippen LogP contribution is -2.45. The molecule has 1 N–H and O–H groups in total. The van der Waals surface area contributed by atoms with Gasteiger partial charge in [-0.15, -0.1) is 0 Å². The SMILES string of the molecule is COCC(C)OCC(O)CN1CCCCC1C=O. The van der Waals surface area contributed by atoms with Crippen molar-refractivity contribution < 1.29 is 19.4 Å². The van der Waals surface area contributed by atoms with Gasteiger partial charge in [0.2, 0.25) is 0 Å². The average molecular weight is 259 g/mol. The van der Waals surface area contributed by atoms with E-state index in [2.05, 4.69) is 0 Å². The summed E-state index contributed by atoms with van der Waals surface area (Å²) in [5, 5.41) is 9.91. The fraction of sp³-hybridized carbons (Fsp3) is 0.923. The Kier molecular flexibility index (Phi) is 7.42. The van der Waals surface area contributed by atoms with Gasteiger partial charge in [-0.25, -0.2) is 0 Å². The number of methoxy groups -OCH3 is 1. The van der Waals surface area contributed by atoms with E-state index in [1.54, 1.807) is 7.11 Å². The van der Waals surface area contributed by atoms with Crippen LogP contribution in [-0.4, -0.2) is 68.0 Å². The van der Waals surface area contributed by atoms with E-state index in [0.717, 1.165) is 32.1 Å². The first-order valence-electron chi connectivity index (χ1n) is 6.65. The van der Waals surface area contributed by atoms with E-state index in [4.69, 9.17) is 9.47 Å². The Morgan fingerprint density at radius 2 is 2.22 bits per heavy atom. The number of ether oxygens (including phenoxy) is 2. The van der Waals surface area contributed by atoms with Crippen molar-refractivity contribution in [2.45, 2.75) is 44.4 Å². The molecule has 0 saturated carbocycles. The summed E-state index contributed by atoms with van der Waals surface area (Å²) in [4.78, 5) is 13.0. The molecule has 106 valence electrons. The number of aldehydes is 1. The van der Waals surface area contributed by atoms with Crippen molar-refractivity contribution in [3.63, 3.8) is 0 Å². The first-order chi connectivity index (χ1) is 8.67. The van der Waals surface area contributed by atoms with Gasteiger partial charge in [-0.05, 0) is 26.3 Å². The third-order valence-corrected chi connectivity index (χ3v) is 3.24. The summed E-state index contributed by atoms with van der Waals surface area (Å²) in [6.45, 7) is 4.10. The number of aliphatic hydroxyl groups excluding tert-OH is 1. The lowest BCUT2D eigenvalue weighted by Gasteiger charge is -2.33. The van der Waals surface area contributed by atoms with Crippen molar-refractivity contribution in [1.29, 1.82) is 0 Å². The average Bonchev–Trinajstić information content (AvgIpc) is 2.37. The highest BCUT2D eigenvalue weighted by atomic mass is 16.5. The van der Waals surface area contributed by atoms with Crippen molar-refractivity contribution in [1.82, 2.24) is 4.90 Å². The molecule has 0 aromatic rings. The number of nitrogens with zero attached hydrogens (tertiary/aromatic N) is 1. The van der Waals surface area contributed by atoms with Gasteiger partial charge in [0.25, 0.3) is 0 Å². The second kappa shape index (κ2) is 8.58. The maximum absolute atomic E-state index is 10.9. The number of hydrogen-bond acceptors (Lipinski definition) is 5. The third-order valence-electron chi connectivity index (χ3n) is 3.24. The number of rotatable bonds is 8. The Labute approximate surface area is 109 Å². The van der Waals surface area contributed by atoms with Crippen LogP contribution in [0.1, 0.15) is 26.2 Å². The second-order valence-corrected chi connectivity index (χ2v) is 4.95. The molecule has 0 aromatic carbocycles. The molecule has 0 amide bonds. The molecule has 0 aliphatic carbocycles. The van der Waals surface area contributed by atoms with Gasteiger partial charge in [0.1, 0.15) is 6.29 Å². The smallest absolute Gasteiger partial charge is 0.137 e. The standard InChI is InChI=1S/C13H25NO4/c1-11(9-17-2)18-10-13(16)7-14-6-4-3-5-12(14)8-15/h8,11-13,16H,3-7,9-10H2,1-2H3. The molecule has 1 aliphatic rings. The van der Waals surface area contributed by atoms with Gasteiger partial charge < -0.3 is 19.4 Å². The van der Waals surface area contributed by atoms with Gasteiger partial charge in [0.05, 0.1) is 31.5 Å². The summed E-state index contributed by atoms with van der Waals surface area (Å²) >= 11 is 0. The van der Waals surface area contributed by atoms with E-state index in [1.807, 2.05) is 11.8 Å². The maximum Gasteiger partial charge on any atom is 0.137 e. The van der Waals surface area contributed by atoms with Crippen LogP contribution in [0.2, 0.25) is 0 Å². The molecule has 0 radical (unpaired) electrons. The van der Waals surface area contributed by atoms with Crippen LogP contribution in [0.25, 0.3) is 0 Å². The molecular weight excluding hydrogens is 234 g/mol. The largest absolute Gasteiger partial charge is 0.389 e. The van der Waals surface area contributed by atoms with E-state index in [-0.39, 0.29) is 18.8 Å². The van der Waals surface area contributed by atoms with Gasteiger partial charge in [0.15, 0.2) is 0 Å². The predicted octanol–water partition coefficient (Wildman–Crippen LogP) is 0.452. The molecule has 5 heteroatoms. The zero-order valence-corrected chi connectivity index (χ0v) is 11.4. The van der Waals surface area contributed by atoms with Crippen molar-refractivity contribution >= 4 is 6.29 Å². The minimum Gasteiger partial charge on any atom is -0.389 e.